The molecule has 0 N–H and O–H groups in total. The monoisotopic (exact) mass is 315 g/mol. The molecule has 0 aliphatic rings. The van der Waals surface area contributed by atoms with Gasteiger partial charge in [-0.3, -0.25) is 0 Å². The van der Waals surface area contributed by atoms with Crippen molar-refractivity contribution in [2.24, 2.45) is 0 Å². The Morgan fingerprint density at radius 2 is 1.76 bits per heavy atom. The standard InChI is InChI=1S/C17H14ClNOS/c18-10-17-19-11-16(21-17)14-6-8-15(9-7-14)20-12-13-4-2-1-3-5-13/h1-9,11H,10,12H2. The molecule has 2 aromatic carbocycles. The highest BCUT2D eigenvalue weighted by Crippen LogP contribution is 2.28. The van der Waals surface area contributed by atoms with E-state index in [1.165, 1.54) is 0 Å². The fourth-order valence-electron chi connectivity index (χ4n) is 1.96. The number of hydrogen-bond donors (Lipinski definition) is 0. The zero-order valence-corrected chi connectivity index (χ0v) is 12.9. The molecule has 0 saturated heterocycles. The molecule has 0 unspecified atom stereocenters. The maximum Gasteiger partial charge on any atom is 0.119 e. The Bertz CT molecular complexity index is 694. The van der Waals surface area contributed by atoms with E-state index >= 15 is 0 Å². The zero-order chi connectivity index (χ0) is 14.5. The molecule has 0 fully saturated rings. The Balaban J connectivity index is 1.66. The minimum absolute atomic E-state index is 0.461. The van der Waals surface area contributed by atoms with Crippen molar-refractivity contribution in [2.75, 3.05) is 0 Å². The molecule has 0 amide bonds. The second kappa shape index (κ2) is 6.74. The smallest absolute Gasteiger partial charge is 0.119 e. The van der Waals surface area contributed by atoms with E-state index in [4.69, 9.17) is 16.3 Å². The van der Waals surface area contributed by atoms with Crippen molar-refractivity contribution in [3.05, 3.63) is 71.4 Å². The molecule has 0 aliphatic carbocycles. The minimum atomic E-state index is 0.461. The highest BCUT2D eigenvalue weighted by molar-refractivity contribution is 7.15. The van der Waals surface area contributed by atoms with Crippen molar-refractivity contribution in [1.82, 2.24) is 4.98 Å². The Morgan fingerprint density at radius 1 is 1.00 bits per heavy atom. The van der Waals surface area contributed by atoms with Crippen molar-refractivity contribution >= 4 is 22.9 Å². The van der Waals surface area contributed by atoms with E-state index < -0.39 is 0 Å². The molecule has 0 saturated carbocycles. The van der Waals surface area contributed by atoms with Gasteiger partial charge in [-0.2, -0.15) is 0 Å². The first-order valence-electron chi connectivity index (χ1n) is 6.63. The highest BCUT2D eigenvalue weighted by Gasteiger charge is 2.04. The van der Waals surface area contributed by atoms with Gasteiger partial charge in [0.25, 0.3) is 0 Å². The number of benzene rings is 2. The molecule has 1 heterocycles. The molecular formula is C17H14ClNOS. The number of ether oxygens (including phenoxy) is 1. The number of thiazole rings is 1. The lowest BCUT2D eigenvalue weighted by Gasteiger charge is -2.06. The Kier molecular flexibility index (Phi) is 4.53. The predicted octanol–water partition coefficient (Wildman–Crippen LogP) is 5.13. The van der Waals surface area contributed by atoms with Crippen LogP contribution in [0.5, 0.6) is 5.75 Å². The van der Waals surface area contributed by atoms with Gasteiger partial charge in [-0.15, -0.1) is 22.9 Å². The van der Waals surface area contributed by atoms with Gasteiger partial charge < -0.3 is 4.74 Å². The predicted molar refractivity (Wildman–Crippen MR) is 87.9 cm³/mol. The van der Waals surface area contributed by atoms with Gasteiger partial charge in [0.1, 0.15) is 17.4 Å². The van der Waals surface area contributed by atoms with E-state index in [1.807, 2.05) is 48.7 Å². The number of halogens is 1. The van der Waals surface area contributed by atoms with E-state index in [9.17, 15) is 0 Å². The Hall–Kier alpha value is -1.84. The van der Waals surface area contributed by atoms with Crippen LogP contribution in [0.2, 0.25) is 0 Å². The first-order valence-corrected chi connectivity index (χ1v) is 7.98. The minimum Gasteiger partial charge on any atom is -0.489 e. The second-order valence-electron chi connectivity index (χ2n) is 4.55. The summed E-state index contributed by atoms with van der Waals surface area (Å²) in [6.45, 7) is 0.580. The molecule has 0 atom stereocenters. The Labute approximate surface area is 133 Å². The van der Waals surface area contributed by atoms with Crippen LogP contribution in [0.4, 0.5) is 0 Å². The lowest BCUT2D eigenvalue weighted by molar-refractivity contribution is 0.306. The summed E-state index contributed by atoms with van der Waals surface area (Å²) in [4.78, 5) is 5.39. The summed E-state index contributed by atoms with van der Waals surface area (Å²) in [5, 5.41) is 0.941. The third kappa shape index (κ3) is 3.63. The van der Waals surface area contributed by atoms with Crippen molar-refractivity contribution in [2.45, 2.75) is 12.5 Å². The third-order valence-electron chi connectivity index (χ3n) is 3.06. The normalized spacial score (nSPS) is 10.5. The molecular weight excluding hydrogens is 302 g/mol. The van der Waals surface area contributed by atoms with E-state index in [0.29, 0.717) is 12.5 Å². The number of aromatic nitrogens is 1. The van der Waals surface area contributed by atoms with Crippen LogP contribution in [0.1, 0.15) is 10.6 Å². The maximum atomic E-state index is 5.78. The number of hydrogen-bond acceptors (Lipinski definition) is 3. The summed E-state index contributed by atoms with van der Waals surface area (Å²) in [5.41, 5.74) is 2.30. The van der Waals surface area contributed by atoms with E-state index in [1.54, 1.807) is 11.3 Å². The van der Waals surface area contributed by atoms with Gasteiger partial charge in [-0.25, -0.2) is 4.98 Å². The molecule has 4 heteroatoms. The molecule has 0 radical (unpaired) electrons. The largest absolute Gasteiger partial charge is 0.489 e. The number of alkyl halides is 1. The van der Waals surface area contributed by atoms with Crippen molar-refractivity contribution in [3.63, 3.8) is 0 Å². The molecule has 21 heavy (non-hydrogen) atoms. The first-order chi connectivity index (χ1) is 10.3. The third-order valence-corrected chi connectivity index (χ3v) is 4.51. The molecule has 0 bridgehead atoms. The van der Waals surface area contributed by atoms with Crippen LogP contribution in [0.15, 0.2) is 60.8 Å². The van der Waals surface area contributed by atoms with Gasteiger partial charge in [-0.1, -0.05) is 30.3 Å². The molecule has 2 nitrogen and oxygen atoms in total. The van der Waals surface area contributed by atoms with Crippen LogP contribution in [0.3, 0.4) is 0 Å². The molecule has 3 rings (SSSR count). The molecule has 0 aliphatic heterocycles. The summed E-state index contributed by atoms with van der Waals surface area (Å²) < 4.78 is 5.78. The van der Waals surface area contributed by atoms with E-state index in [-0.39, 0.29) is 0 Å². The van der Waals surface area contributed by atoms with Crippen LogP contribution in [0.25, 0.3) is 10.4 Å². The first kappa shape index (κ1) is 14.1. The van der Waals surface area contributed by atoms with Gasteiger partial charge in [-0.05, 0) is 35.4 Å². The molecule has 0 spiro atoms. The summed E-state index contributed by atoms with van der Waals surface area (Å²) in [6.07, 6.45) is 1.86. The zero-order valence-electron chi connectivity index (χ0n) is 11.3. The summed E-state index contributed by atoms with van der Waals surface area (Å²) >= 11 is 7.40. The van der Waals surface area contributed by atoms with Crippen LogP contribution >= 0.6 is 22.9 Å². The van der Waals surface area contributed by atoms with Gasteiger partial charge in [0.15, 0.2) is 0 Å². The van der Waals surface area contributed by atoms with Crippen LogP contribution < -0.4 is 4.74 Å². The number of rotatable bonds is 5. The van der Waals surface area contributed by atoms with E-state index in [0.717, 1.165) is 26.8 Å². The lowest BCUT2D eigenvalue weighted by atomic mass is 10.2. The average Bonchev–Trinajstić information content (AvgIpc) is 3.03. The molecule has 106 valence electrons. The van der Waals surface area contributed by atoms with Crippen molar-refractivity contribution < 1.29 is 4.74 Å². The fourth-order valence-corrected chi connectivity index (χ4v) is 2.97. The molecule has 1 aromatic heterocycles. The summed E-state index contributed by atoms with van der Waals surface area (Å²) in [5.74, 6) is 1.33. The molecule has 3 aromatic rings. The van der Waals surface area contributed by atoms with Gasteiger partial charge in [0, 0.05) is 6.20 Å². The van der Waals surface area contributed by atoms with Gasteiger partial charge in [0.2, 0.25) is 0 Å². The lowest BCUT2D eigenvalue weighted by Crippen LogP contribution is -1.94. The second-order valence-corrected chi connectivity index (χ2v) is 5.93. The summed E-state index contributed by atoms with van der Waals surface area (Å²) in [6, 6.07) is 18.2. The highest BCUT2D eigenvalue weighted by atomic mass is 35.5. The van der Waals surface area contributed by atoms with Gasteiger partial charge in [0.05, 0.1) is 10.8 Å². The number of nitrogens with zero attached hydrogens (tertiary/aromatic N) is 1. The van der Waals surface area contributed by atoms with E-state index in [2.05, 4.69) is 17.1 Å². The SMILES string of the molecule is ClCc1ncc(-c2ccc(OCc3ccccc3)cc2)s1. The average molecular weight is 316 g/mol. The van der Waals surface area contributed by atoms with Gasteiger partial charge >= 0.3 is 0 Å². The summed E-state index contributed by atoms with van der Waals surface area (Å²) in [7, 11) is 0. The quantitative estimate of drug-likeness (QED) is 0.609. The maximum absolute atomic E-state index is 5.78. The van der Waals surface area contributed by atoms with Crippen LogP contribution in [-0.4, -0.2) is 4.98 Å². The van der Waals surface area contributed by atoms with Crippen molar-refractivity contribution in [1.29, 1.82) is 0 Å². The Morgan fingerprint density at radius 3 is 2.43 bits per heavy atom. The van der Waals surface area contributed by atoms with Crippen LogP contribution in [-0.2, 0) is 12.5 Å². The van der Waals surface area contributed by atoms with Crippen molar-refractivity contribution in [3.8, 4) is 16.2 Å². The van der Waals surface area contributed by atoms with Crippen LogP contribution in [0, 0.1) is 0 Å². The topological polar surface area (TPSA) is 22.1 Å². The fraction of sp³-hybridized carbons (Fsp3) is 0.118.